The van der Waals surface area contributed by atoms with Crippen molar-refractivity contribution in [2.45, 2.75) is 12.0 Å². The van der Waals surface area contributed by atoms with Gasteiger partial charge in [-0.05, 0) is 24.3 Å². The van der Waals surface area contributed by atoms with E-state index < -0.39 is 11.6 Å². The molecule has 0 fully saturated rings. The van der Waals surface area contributed by atoms with E-state index in [2.05, 4.69) is 0 Å². The van der Waals surface area contributed by atoms with Gasteiger partial charge in [0.25, 0.3) is 0 Å². The van der Waals surface area contributed by atoms with Crippen molar-refractivity contribution >= 4 is 29.2 Å². The van der Waals surface area contributed by atoms with Crippen molar-refractivity contribution < 1.29 is 14.3 Å². The molecule has 2 heterocycles. The Kier molecular flexibility index (Phi) is 2.63. The van der Waals surface area contributed by atoms with Gasteiger partial charge in [-0.1, -0.05) is 29.8 Å². The number of hydrogen-bond donors (Lipinski definition) is 0. The second-order valence-corrected chi connectivity index (χ2v) is 5.99. The van der Waals surface area contributed by atoms with Gasteiger partial charge in [-0.3, -0.25) is 4.79 Å². The van der Waals surface area contributed by atoms with E-state index in [9.17, 15) is 9.59 Å². The first-order valence-corrected chi connectivity index (χ1v) is 7.30. The highest BCUT2D eigenvalue weighted by atomic mass is 35.5. The lowest BCUT2D eigenvalue weighted by Crippen LogP contribution is -2.43. The van der Waals surface area contributed by atoms with Gasteiger partial charge in [0, 0.05) is 23.2 Å². The molecule has 1 atom stereocenters. The van der Waals surface area contributed by atoms with Gasteiger partial charge in [0.15, 0.2) is 5.60 Å². The molecule has 0 saturated carbocycles. The third-order valence-corrected chi connectivity index (χ3v) is 4.61. The van der Waals surface area contributed by atoms with Crippen LogP contribution in [0.15, 0.2) is 42.5 Å². The monoisotopic (exact) mass is 313 g/mol. The van der Waals surface area contributed by atoms with Crippen LogP contribution in [-0.2, 0) is 15.1 Å². The minimum Gasteiger partial charge on any atom is -0.445 e. The largest absolute Gasteiger partial charge is 0.445 e. The summed E-state index contributed by atoms with van der Waals surface area (Å²) in [5, 5.41) is 0.543. The maximum atomic E-state index is 12.4. The summed E-state index contributed by atoms with van der Waals surface area (Å²) in [4.78, 5) is 26.2. The summed E-state index contributed by atoms with van der Waals surface area (Å²) in [6.45, 7) is 0. The van der Waals surface area contributed by atoms with E-state index in [1.807, 2.05) is 12.1 Å². The molecule has 4 rings (SSSR count). The van der Waals surface area contributed by atoms with Gasteiger partial charge in [0.05, 0.1) is 17.7 Å². The summed E-state index contributed by atoms with van der Waals surface area (Å²) in [6, 6.07) is 12.5. The zero-order valence-electron chi connectivity index (χ0n) is 11.8. The van der Waals surface area contributed by atoms with Gasteiger partial charge in [0.1, 0.15) is 0 Å². The molecule has 0 aliphatic carbocycles. The van der Waals surface area contributed by atoms with Crippen LogP contribution < -0.4 is 4.90 Å². The molecule has 0 aromatic heterocycles. The Morgan fingerprint density at radius 2 is 1.91 bits per heavy atom. The molecule has 0 bridgehead atoms. The molecule has 2 aliphatic rings. The van der Waals surface area contributed by atoms with Crippen LogP contribution >= 0.6 is 11.6 Å². The number of carbonyl (C=O) groups excluding carboxylic acids is 2. The molecule has 2 aromatic carbocycles. The molecular formula is C17H12ClNO3. The van der Waals surface area contributed by atoms with Gasteiger partial charge in [0.2, 0.25) is 5.91 Å². The van der Waals surface area contributed by atoms with E-state index in [0.717, 1.165) is 11.1 Å². The smallest absolute Gasteiger partial charge is 0.339 e. The first kappa shape index (κ1) is 13.3. The molecule has 22 heavy (non-hydrogen) atoms. The van der Waals surface area contributed by atoms with Crippen molar-refractivity contribution in [1.82, 2.24) is 0 Å². The Hall–Kier alpha value is -2.33. The number of nitrogens with zero attached hydrogens (tertiary/aromatic N) is 1. The molecule has 2 aliphatic heterocycles. The van der Waals surface area contributed by atoms with Crippen molar-refractivity contribution in [1.29, 1.82) is 0 Å². The summed E-state index contributed by atoms with van der Waals surface area (Å²) < 4.78 is 5.72. The average Bonchev–Trinajstić information content (AvgIpc) is 2.79. The Morgan fingerprint density at radius 3 is 2.73 bits per heavy atom. The standard InChI is InChI=1S/C17H12ClNO3/c1-19-14-7-6-10(18)8-13(14)17(9-15(19)20)12-5-3-2-4-11(12)16(21)22-17/h2-8H,9H2,1H3. The molecule has 0 N–H and O–H groups in total. The molecule has 0 saturated heterocycles. The number of anilines is 1. The first-order valence-electron chi connectivity index (χ1n) is 6.92. The lowest BCUT2D eigenvalue weighted by atomic mass is 9.79. The zero-order chi connectivity index (χ0) is 15.5. The van der Waals surface area contributed by atoms with Crippen LogP contribution in [0.4, 0.5) is 5.69 Å². The van der Waals surface area contributed by atoms with Crippen molar-refractivity contribution in [3.63, 3.8) is 0 Å². The van der Waals surface area contributed by atoms with Gasteiger partial charge in [-0.15, -0.1) is 0 Å². The third kappa shape index (κ3) is 1.58. The molecule has 5 heteroatoms. The van der Waals surface area contributed by atoms with E-state index in [1.54, 1.807) is 42.3 Å². The Labute approximate surface area is 132 Å². The van der Waals surface area contributed by atoms with E-state index >= 15 is 0 Å². The summed E-state index contributed by atoms with van der Waals surface area (Å²) in [7, 11) is 1.71. The maximum absolute atomic E-state index is 12.4. The van der Waals surface area contributed by atoms with Gasteiger partial charge in [-0.2, -0.15) is 0 Å². The number of fused-ring (bicyclic) bond motifs is 4. The highest BCUT2D eigenvalue weighted by molar-refractivity contribution is 6.30. The quantitative estimate of drug-likeness (QED) is 0.702. The van der Waals surface area contributed by atoms with Crippen molar-refractivity contribution in [3.8, 4) is 0 Å². The normalized spacial score (nSPS) is 22.5. The SMILES string of the molecule is CN1C(=O)CC2(OC(=O)c3ccccc32)c2cc(Cl)ccc21. The van der Waals surface area contributed by atoms with E-state index in [1.165, 1.54) is 0 Å². The maximum Gasteiger partial charge on any atom is 0.339 e. The number of halogens is 1. The Bertz CT molecular complexity index is 832. The summed E-state index contributed by atoms with van der Waals surface area (Å²) >= 11 is 6.14. The third-order valence-electron chi connectivity index (χ3n) is 4.38. The fourth-order valence-electron chi connectivity index (χ4n) is 3.30. The molecule has 1 spiro atoms. The molecular weight excluding hydrogens is 302 g/mol. The van der Waals surface area contributed by atoms with Crippen LogP contribution in [0.1, 0.15) is 27.9 Å². The molecule has 1 unspecified atom stereocenters. The highest BCUT2D eigenvalue weighted by Crippen LogP contribution is 2.50. The number of benzene rings is 2. The van der Waals surface area contributed by atoms with E-state index in [0.29, 0.717) is 16.3 Å². The Morgan fingerprint density at radius 1 is 1.14 bits per heavy atom. The van der Waals surface area contributed by atoms with E-state index in [4.69, 9.17) is 16.3 Å². The fourth-order valence-corrected chi connectivity index (χ4v) is 3.47. The molecule has 1 amide bonds. The van der Waals surface area contributed by atoms with Crippen LogP contribution in [-0.4, -0.2) is 18.9 Å². The topological polar surface area (TPSA) is 46.6 Å². The predicted molar refractivity (Wildman–Crippen MR) is 82.1 cm³/mol. The minimum atomic E-state index is -1.07. The van der Waals surface area contributed by atoms with Crippen molar-refractivity contribution in [2.75, 3.05) is 11.9 Å². The lowest BCUT2D eigenvalue weighted by molar-refractivity contribution is -0.123. The second kappa shape index (κ2) is 4.34. The van der Waals surface area contributed by atoms with Gasteiger partial charge in [-0.25, -0.2) is 4.79 Å². The number of ether oxygens (including phenoxy) is 1. The number of amides is 1. The minimum absolute atomic E-state index is 0.0829. The van der Waals surface area contributed by atoms with Crippen LogP contribution in [0.25, 0.3) is 0 Å². The van der Waals surface area contributed by atoms with Crippen LogP contribution in [0.3, 0.4) is 0 Å². The highest BCUT2D eigenvalue weighted by Gasteiger charge is 2.52. The van der Waals surface area contributed by atoms with Crippen LogP contribution in [0.2, 0.25) is 5.02 Å². The fraction of sp³-hybridized carbons (Fsp3) is 0.176. The summed E-state index contributed by atoms with van der Waals surface area (Å²) in [5.41, 5.74) is 1.62. The summed E-state index contributed by atoms with van der Waals surface area (Å²) in [6.07, 6.45) is 0.0829. The van der Waals surface area contributed by atoms with Crippen LogP contribution in [0, 0.1) is 0 Å². The Balaban J connectivity index is 2.05. The number of carbonyl (C=O) groups is 2. The molecule has 0 radical (unpaired) electrons. The zero-order valence-corrected chi connectivity index (χ0v) is 12.6. The van der Waals surface area contributed by atoms with Crippen molar-refractivity contribution in [3.05, 3.63) is 64.2 Å². The predicted octanol–water partition coefficient (Wildman–Crippen LogP) is 3.12. The second-order valence-electron chi connectivity index (χ2n) is 5.55. The first-order chi connectivity index (χ1) is 10.5. The number of rotatable bonds is 0. The lowest BCUT2D eigenvalue weighted by Gasteiger charge is -2.38. The molecule has 110 valence electrons. The molecule has 4 nitrogen and oxygen atoms in total. The van der Waals surface area contributed by atoms with Crippen molar-refractivity contribution in [2.24, 2.45) is 0 Å². The number of hydrogen-bond acceptors (Lipinski definition) is 3. The van der Waals surface area contributed by atoms with Gasteiger partial charge >= 0.3 is 5.97 Å². The van der Waals surface area contributed by atoms with Gasteiger partial charge < -0.3 is 9.64 Å². The van der Waals surface area contributed by atoms with E-state index in [-0.39, 0.29) is 12.3 Å². The number of esters is 1. The molecule has 2 aromatic rings. The van der Waals surface area contributed by atoms with Crippen LogP contribution in [0.5, 0.6) is 0 Å². The summed E-state index contributed by atoms with van der Waals surface area (Å²) in [5.74, 6) is -0.502. The average molecular weight is 314 g/mol.